The molecule has 8 nitrogen and oxygen atoms in total. The lowest BCUT2D eigenvalue weighted by Crippen LogP contribution is -2.53. The van der Waals surface area contributed by atoms with Crippen molar-refractivity contribution in [1.29, 1.82) is 0 Å². The summed E-state index contributed by atoms with van der Waals surface area (Å²) in [6.45, 7) is 3.26. The van der Waals surface area contributed by atoms with Crippen LogP contribution in [0.25, 0.3) is 0 Å². The highest BCUT2D eigenvalue weighted by molar-refractivity contribution is 5.88. The third-order valence-electron chi connectivity index (χ3n) is 3.67. The average molecular weight is 331 g/mol. The number of rotatable bonds is 11. The Morgan fingerprint density at radius 3 is 2.35 bits per heavy atom. The zero-order chi connectivity index (χ0) is 18.0. The molecule has 0 spiro atoms. The van der Waals surface area contributed by atoms with Gasteiger partial charge in [0.1, 0.15) is 6.04 Å². The number of likely N-dealkylation sites (N-methyl/N-ethyl adjacent to an activating group) is 1. The number of carbonyl (C=O) groups excluding carboxylic acids is 3. The Kier molecular flexibility index (Phi) is 10.2. The lowest BCUT2D eigenvalue weighted by atomic mass is 9.97. The first-order chi connectivity index (χ1) is 10.8. The lowest BCUT2D eigenvalue weighted by molar-refractivity contribution is -0.155. The van der Waals surface area contributed by atoms with Crippen molar-refractivity contribution in [2.24, 2.45) is 11.8 Å². The van der Waals surface area contributed by atoms with Gasteiger partial charge in [0.25, 0.3) is 0 Å². The van der Waals surface area contributed by atoms with Crippen LogP contribution in [-0.2, 0) is 14.4 Å². The summed E-state index contributed by atoms with van der Waals surface area (Å²) in [5.74, 6) is -1.80. The molecule has 23 heavy (non-hydrogen) atoms. The fourth-order valence-corrected chi connectivity index (χ4v) is 2.13. The first kappa shape index (κ1) is 21.3. The molecule has 1 unspecified atom stereocenters. The van der Waals surface area contributed by atoms with E-state index in [-0.39, 0.29) is 25.5 Å². The van der Waals surface area contributed by atoms with Crippen molar-refractivity contribution in [3.63, 3.8) is 0 Å². The molecule has 8 heteroatoms. The van der Waals surface area contributed by atoms with E-state index < -0.39 is 23.8 Å². The maximum atomic E-state index is 12.4. The predicted octanol–water partition coefficient (Wildman–Crippen LogP) is -0.158. The van der Waals surface area contributed by atoms with Gasteiger partial charge in [-0.25, -0.2) is 5.06 Å². The number of hydrogen-bond acceptors (Lipinski definition) is 5. The number of carbonyl (C=O) groups is 3. The first-order valence-electron chi connectivity index (χ1n) is 7.81. The summed E-state index contributed by atoms with van der Waals surface area (Å²) in [5, 5.41) is 21.7. The number of hydrogen-bond donors (Lipinski definition) is 3. The van der Waals surface area contributed by atoms with Gasteiger partial charge in [0.05, 0.1) is 12.5 Å². The number of unbranched alkanes of at least 4 members (excludes halogenated alkanes) is 1. The summed E-state index contributed by atoms with van der Waals surface area (Å²) in [5.41, 5.74) is 0. The molecule has 0 rings (SSSR count). The van der Waals surface area contributed by atoms with Crippen LogP contribution in [0.1, 0.15) is 33.1 Å². The van der Waals surface area contributed by atoms with Gasteiger partial charge in [-0.2, -0.15) is 0 Å². The number of amides is 3. The Hall–Kier alpha value is -1.67. The van der Waals surface area contributed by atoms with Gasteiger partial charge in [0, 0.05) is 26.6 Å². The topological polar surface area (TPSA) is 110 Å². The monoisotopic (exact) mass is 331 g/mol. The minimum atomic E-state index is -0.852. The molecule has 3 amide bonds. The van der Waals surface area contributed by atoms with Crippen LogP contribution in [0.5, 0.6) is 0 Å². The van der Waals surface area contributed by atoms with Gasteiger partial charge in [-0.05, 0) is 6.42 Å². The lowest BCUT2D eigenvalue weighted by Gasteiger charge is -2.28. The van der Waals surface area contributed by atoms with E-state index in [1.54, 1.807) is 21.0 Å². The van der Waals surface area contributed by atoms with Crippen molar-refractivity contribution in [2.75, 3.05) is 27.2 Å². The van der Waals surface area contributed by atoms with Crippen LogP contribution in [0.4, 0.5) is 0 Å². The van der Waals surface area contributed by atoms with Crippen LogP contribution in [0, 0.1) is 11.8 Å². The van der Waals surface area contributed by atoms with Gasteiger partial charge >= 0.3 is 0 Å². The molecule has 0 aromatic carbocycles. The van der Waals surface area contributed by atoms with Crippen molar-refractivity contribution in [2.45, 2.75) is 39.2 Å². The average Bonchev–Trinajstić information content (AvgIpc) is 2.54. The molecule has 0 aromatic rings. The highest BCUT2D eigenvalue weighted by Crippen LogP contribution is 2.13. The first-order valence-corrected chi connectivity index (χ1v) is 7.81. The second kappa shape index (κ2) is 11.0. The Morgan fingerprint density at radius 1 is 1.30 bits per heavy atom. The zero-order valence-electron chi connectivity index (χ0n) is 14.4. The molecule has 0 aromatic heterocycles. The molecule has 0 aliphatic rings. The van der Waals surface area contributed by atoms with Crippen LogP contribution in [0.15, 0.2) is 0 Å². The van der Waals surface area contributed by atoms with Gasteiger partial charge in [-0.1, -0.05) is 26.7 Å². The van der Waals surface area contributed by atoms with E-state index in [0.717, 1.165) is 12.8 Å². The van der Waals surface area contributed by atoms with Gasteiger partial charge in [-0.15, -0.1) is 0 Å². The molecule has 0 saturated carbocycles. The molecule has 3 N–H and O–H groups in total. The highest BCUT2D eigenvalue weighted by atomic mass is 16.5. The quantitative estimate of drug-likeness (QED) is 0.277. The zero-order valence-corrected chi connectivity index (χ0v) is 14.4. The Bertz CT molecular complexity index is 389. The number of aliphatic hydroxyl groups is 1. The second-order valence-electron chi connectivity index (χ2n) is 5.95. The third-order valence-corrected chi connectivity index (χ3v) is 3.67. The van der Waals surface area contributed by atoms with Crippen molar-refractivity contribution >= 4 is 18.2 Å². The van der Waals surface area contributed by atoms with E-state index in [1.807, 2.05) is 6.92 Å². The number of hydroxylamine groups is 2. The summed E-state index contributed by atoms with van der Waals surface area (Å²) >= 11 is 0. The molecule has 0 aliphatic heterocycles. The summed E-state index contributed by atoms with van der Waals surface area (Å²) in [6, 6.07) is -0.852. The van der Waals surface area contributed by atoms with Crippen molar-refractivity contribution in [1.82, 2.24) is 15.3 Å². The normalized spacial score (nSPS) is 14.5. The van der Waals surface area contributed by atoms with Crippen molar-refractivity contribution in [3.8, 4) is 0 Å². The van der Waals surface area contributed by atoms with E-state index in [0.29, 0.717) is 11.5 Å². The van der Waals surface area contributed by atoms with Gasteiger partial charge in [-0.3, -0.25) is 19.6 Å². The summed E-state index contributed by atoms with van der Waals surface area (Å²) in [6.07, 6.45) is 2.35. The number of aliphatic hydroxyl groups excluding tert-OH is 1. The van der Waals surface area contributed by atoms with Crippen LogP contribution in [0.3, 0.4) is 0 Å². The van der Waals surface area contributed by atoms with Crippen molar-refractivity contribution in [3.05, 3.63) is 0 Å². The Balaban J connectivity index is 5.06. The highest BCUT2D eigenvalue weighted by Gasteiger charge is 2.30. The third kappa shape index (κ3) is 7.43. The summed E-state index contributed by atoms with van der Waals surface area (Å²) in [4.78, 5) is 36.5. The number of nitrogens with one attached hydrogen (secondary N) is 1. The Morgan fingerprint density at radius 2 is 1.91 bits per heavy atom. The standard InChI is InChI=1S/C15H29N3O5/c1-5-6-7-12(8-18(23)10-20)14(21)16-13(11(2)9-19)15(22)17(3)4/h10-13,19,23H,5-9H2,1-4H3,(H,16,21)/t11?,12-,13+/m1/s1. The molecule has 0 saturated heterocycles. The largest absolute Gasteiger partial charge is 0.396 e. The molecule has 0 aliphatic carbocycles. The van der Waals surface area contributed by atoms with Crippen LogP contribution >= 0.6 is 0 Å². The second-order valence-corrected chi connectivity index (χ2v) is 5.95. The molecule has 0 radical (unpaired) electrons. The van der Waals surface area contributed by atoms with Gasteiger partial charge in [0.2, 0.25) is 18.2 Å². The minimum absolute atomic E-state index is 0.133. The smallest absolute Gasteiger partial charge is 0.244 e. The molecule has 134 valence electrons. The molecular weight excluding hydrogens is 302 g/mol. The summed E-state index contributed by atoms with van der Waals surface area (Å²) in [7, 11) is 3.14. The van der Waals surface area contributed by atoms with E-state index >= 15 is 0 Å². The minimum Gasteiger partial charge on any atom is -0.396 e. The van der Waals surface area contributed by atoms with Crippen LogP contribution < -0.4 is 5.32 Å². The molecule has 0 heterocycles. The predicted molar refractivity (Wildman–Crippen MR) is 84.4 cm³/mol. The summed E-state index contributed by atoms with van der Waals surface area (Å²) < 4.78 is 0. The van der Waals surface area contributed by atoms with Gasteiger partial charge in [0.15, 0.2) is 0 Å². The fourth-order valence-electron chi connectivity index (χ4n) is 2.13. The van der Waals surface area contributed by atoms with Crippen LogP contribution in [0.2, 0.25) is 0 Å². The molecule has 0 fully saturated rings. The maximum absolute atomic E-state index is 12.4. The van der Waals surface area contributed by atoms with Crippen molar-refractivity contribution < 1.29 is 24.7 Å². The molecule has 3 atom stereocenters. The molecular formula is C15H29N3O5. The number of nitrogens with zero attached hydrogens (tertiary/aromatic N) is 2. The fraction of sp³-hybridized carbons (Fsp3) is 0.800. The molecule has 0 bridgehead atoms. The van der Waals surface area contributed by atoms with E-state index in [2.05, 4.69) is 5.32 Å². The van der Waals surface area contributed by atoms with E-state index in [9.17, 15) is 24.7 Å². The Labute approximate surface area is 137 Å². The van der Waals surface area contributed by atoms with Gasteiger partial charge < -0.3 is 15.3 Å². The van der Waals surface area contributed by atoms with E-state index in [1.165, 1.54) is 4.90 Å². The maximum Gasteiger partial charge on any atom is 0.244 e. The van der Waals surface area contributed by atoms with Crippen LogP contribution in [-0.4, -0.2) is 71.8 Å². The van der Waals surface area contributed by atoms with E-state index in [4.69, 9.17) is 0 Å². The SMILES string of the molecule is CCCC[C@H](CN(O)C=O)C(=O)N[C@H](C(=O)N(C)C)C(C)CO.